The Hall–Kier alpha value is -8.49. The van der Waals surface area contributed by atoms with Crippen LogP contribution >= 0.6 is 23.2 Å². The van der Waals surface area contributed by atoms with E-state index >= 15 is 0 Å². The fourth-order valence-corrected chi connectivity index (χ4v) is 11.8. The van der Waals surface area contributed by atoms with Gasteiger partial charge in [-0.25, -0.2) is 19.2 Å². The first-order valence-electron chi connectivity index (χ1n) is 24.3. The molecule has 21 heteroatoms. The summed E-state index contributed by atoms with van der Waals surface area (Å²) in [4.78, 5) is 94.4. The number of carbonyl (C=O) groups is 7. The summed E-state index contributed by atoms with van der Waals surface area (Å²) < 4.78 is 24.4. The number of Topliss-reactive ketones (excluding diaryl/α,β-unsaturated/α-hetero) is 3. The Balaban J connectivity index is 0.835. The van der Waals surface area contributed by atoms with Crippen LogP contribution in [0.25, 0.3) is 0 Å². The molecule has 0 aliphatic carbocycles. The van der Waals surface area contributed by atoms with Crippen molar-refractivity contribution in [3.8, 4) is 46.0 Å². The van der Waals surface area contributed by atoms with Crippen LogP contribution in [0, 0.1) is 11.8 Å². The van der Waals surface area contributed by atoms with Gasteiger partial charge in [0.25, 0.3) is 0 Å². The predicted octanol–water partition coefficient (Wildman–Crippen LogP) is 7.46. The number of phenols is 4. The highest BCUT2D eigenvalue weighted by molar-refractivity contribution is 6.52. The highest BCUT2D eigenvalue weighted by Crippen LogP contribution is 2.59. The van der Waals surface area contributed by atoms with Gasteiger partial charge in [-0.3, -0.25) is 14.4 Å². The number of halogens is 2. The van der Waals surface area contributed by atoms with Crippen LogP contribution in [-0.4, -0.2) is 94.7 Å². The zero-order valence-corrected chi connectivity index (χ0v) is 42.6. The lowest BCUT2D eigenvalue weighted by Crippen LogP contribution is -2.47. The number of esters is 2. The Kier molecular flexibility index (Phi) is 13.2. The SMILES string of the molecule is CC(Cc1cc(C(=O)O)cc2c1C(=O)OC21c2ccc(O)cc2Oc2cc(O)ccc21)C[C@H](N)C(=O)C(Cl)C(=O)C(Cl)C(=O)[C@@H](N)CC(C)Cc1cc(C(=O)O)cc2c1C(=O)OC21c2ccc(O)cc2Oc2cc(O)ccc21. The molecule has 0 fully saturated rings. The van der Waals surface area contributed by atoms with Gasteiger partial charge >= 0.3 is 23.9 Å². The molecule has 10 N–H and O–H groups in total. The molecule has 0 amide bonds. The molecular weight excluding hydrogens is 1060 g/mol. The Morgan fingerprint density at radius 2 is 0.795 bits per heavy atom. The number of hydrogen-bond donors (Lipinski definition) is 8. The van der Waals surface area contributed by atoms with Crippen molar-refractivity contribution in [1.82, 2.24) is 0 Å². The summed E-state index contributed by atoms with van der Waals surface area (Å²) in [6, 6.07) is 18.8. The molecule has 6 aromatic rings. The molecule has 19 nitrogen and oxygen atoms in total. The second-order valence-electron chi connectivity index (χ2n) is 20.0. The molecule has 400 valence electrons. The first kappa shape index (κ1) is 52.9. The Morgan fingerprint density at radius 3 is 1.09 bits per heavy atom. The second-order valence-corrected chi connectivity index (χ2v) is 20.9. The van der Waals surface area contributed by atoms with Crippen molar-refractivity contribution in [2.45, 2.75) is 73.6 Å². The molecular formula is C57H46Cl2N2O17. The van der Waals surface area contributed by atoms with E-state index in [0.717, 1.165) is 0 Å². The van der Waals surface area contributed by atoms with Crippen LogP contribution in [0.3, 0.4) is 0 Å². The number of phenolic OH excluding ortho intramolecular Hbond substituents is 4. The van der Waals surface area contributed by atoms with E-state index in [1.54, 1.807) is 13.8 Å². The van der Waals surface area contributed by atoms with E-state index in [9.17, 15) is 64.2 Å². The first-order chi connectivity index (χ1) is 36.9. The van der Waals surface area contributed by atoms with Gasteiger partial charge in [0.05, 0.1) is 34.3 Å². The van der Waals surface area contributed by atoms with Crippen molar-refractivity contribution >= 4 is 64.4 Å². The van der Waals surface area contributed by atoms with Gasteiger partial charge in [0.1, 0.15) is 46.0 Å². The zero-order valence-electron chi connectivity index (χ0n) is 41.1. The van der Waals surface area contributed by atoms with Gasteiger partial charge in [-0.15, -0.1) is 23.2 Å². The number of hydrogen-bond acceptors (Lipinski definition) is 17. The van der Waals surface area contributed by atoms with Crippen molar-refractivity contribution in [1.29, 1.82) is 0 Å². The topological polar surface area (TPSA) is 330 Å². The normalized spacial score (nSPS) is 16.9. The highest BCUT2D eigenvalue weighted by atomic mass is 35.5. The molecule has 0 radical (unpaired) electrons. The number of fused-ring (bicyclic) bond motifs is 12. The van der Waals surface area contributed by atoms with Gasteiger partial charge in [0.2, 0.25) is 0 Å². The highest BCUT2D eigenvalue weighted by Gasteiger charge is 2.56. The fourth-order valence-electron chi connectivity index (χ4n) is 11.2. The van der Waals surface area contributed by atoms with Gasteiger partial charge in [0, 0.05) is 57.6 Å². The Labute approximate surface area is 452 Å². The monoisotopic (exact) mass is 1100 g/mol. The predicted molar refractivity (Wildman–Crippen MR) is 275 cm³/mol. The number of aromatic carboxylic acids is 2. The largest absolute Gasteiger partial charge is 0.508 e. The third-order valence-corrected chi connectivity index (χ3v) is 15.4. The van der Waals surface area contributed by atoms with Crippen LogP contribution in [-0.2, 0) is 47.9 Å². The number of ketones is 3. The van der Waals surface area contributed by atoms with E-state index in [-0.39, 0.29) is 138 Å². The number of ether oxygens (including phenoxy) is 4. The van der Waals surface area contributed by atoms with Crippen LogP contribution < -0.4 is 20.9 Å². The van der Waals surface area contributed by atoms with E-state index in [4.69, 9.17) is 53.6 Å². The molecule has 4 unspecified atom stereocenters. The first-order valence-corrected chi connectivity index (χ1v) is 25.2. The number of nitrogens with two attached hydrogens (primary N) is 2. The Bertz CT molecular complexity index is 3300. The number of alkyl halides is 2. The summed E-state index contributed by atoms with van der Waals surface area (Å²) in [6.07, 6.45) is -0.390. The van der Waals surface area contributed by atoms with Crippen molar-refractivity contribution in [3.05, 3.63) is 164 Å². The van der Waals surface area contributed by atoms with E-state index in [2.05, 4.69) is 0 Å². The quantitative estimate of drug-likeness (QED) is 0.0265. The smallest absolute Gasteiger partial charge is 0.340 e. The molecule has 4 aliphatic rings. The minimum Gasteiger partial charge on any atom is -0.508 e. The van der Waals surface area contributed by atoms with Crippen LogP contribution in [0.15, 0.2) is 97.1 Å². The maximum Gasteiger partial charge on any atom is 0.340 e. The lowest BCUT2D eigenvalue weighted by atomic mass is 9.75. The summed E-state index contributed by atoms with van der Waals surface area (Å²) in [5, 5.41) is 57.9. The standard InChI is InChI=1S/C57H46Cl2N2O17/c1-23(11-25-15-27(52(69)70)17-37-45(25)54(73)77-56(37)33-7-3-29(62)19-41(33)75-42-20-30(63)4-8-34(42)56)13-39(60)49(66)47(58)51(68)48(59)50(67)40(61)14-24(2)12-26-16-28(53(71)72)18-38-46(26)55(74)78-57(38)35-9-5-31(64)21-43(35)76-44-22-32(65)6-10-36(44)57/h3-10,15-24,39-40,47-48,62-65H,11-14,60-61H2,1-2H3,(H,69,70)(H,71,72)/t23?,24?,39-,40-,47?,48?/m0/s1. The van der Waals surface area contributed by atoms with E-state index in [1.807, 2.05) is 0 Å². The summed E-state index contributed by atoms with van der Waals surface area (Å²) in [7, 11) is 0. The summed E-state index contributed by atoms with van der Waals surface area (Å²) in [6.45, 7) is 3.34. The molecule has 0 aromatic heterocycles. The zero-order chi connectivity index (χ0) is 56.0. The molecule has 0 bridgehead atoms. The van der Waals surface area contributed by atoms with Crippen molar-refractivity contribution in [2.24, 2.45) is 23.3 Å². The molecule has 0 saturated heterocycles. The lowest BCUT2D eigenvalue weighted by Gasteiger charge is -2.36. The average Bonchev–Trinajstić information content (AvgIpc) is 4.09. The molecule has 4 heterocycles. The third kappa shape index (κ3) is 8.68. The number of rotatable bonds is 16. The van der Waals surface area contributed by atoms with Gasteiger partial charge in [-0.1, -0.05) is 13.8 Å². The van der Waals surface area contributed by atoms with Crippen molar-refractivity contribution in [2.75, 3.05) is 0 Å². The Morgan fingerprint density at radius 1 is 0.487 bits per heavy atom. The number of carboxylic acids is 2. The van der Waals surface area contributed by atoms with Crippen molar-refractivity contribution < 1.29 is 83.1 Å². The maximum absolute atomic E-state index is 14.1. The molecule has 6 aromatic carbocycles. The maximum atomic E-state index is 14.1. The minimum atomic E-state index is -2.02. The van der Waals surface area contributed by atoms with Crippen LogP contribution in [0.5, 0.6) is 46.0 Å². The van der Waals surface area contributed by atoms with Crippen LogP contribution in [0.4, 0.5) is 0 Å². The number of benzene rings is 6. The third-order valence-electron chi connectivity index (χ3n) is 14.6. The van der Waals surface area contributed by atoms with Gasteiger partial charge in [0.15, 0.2) is 39.3 Å². The van der Waals surface area contributed by atoms with Gasteiger partial charge in [-0.05, 0) is 121 Å². The molecule has 2 spiro atoms. The van der Waals surface area contributed by atoms with E-state index in [0.29, 0.717) is 0 Å². The number of carboxylic acid groups (broad SMARTS) is 2. The number of aromatic hydroxyl groups is 4. The van der Waals surface area contributed by atoms with Crippen LogP contribution in [0.1, 0.15) is 113 Å². The molecule has 6 atom stereocenters. The summed E-state index contributed by atoms with van der Waals surface area (Å²) in [5.41, 5.74) is 10.5. The molecule has 10 rings (SSSR count). The lowest BCUT2D eigenvalue weighted by molar-refractivity contribution is -0.130. The average molecular weight is 1100 g/mol. The van der Waals surface area contributed by atoms with Gasteiger partial charge < -0.3 is 61.1 Å². The molecule has 0 saturated carbocycles. The summed E-state index contributed by atoms with van der Waals surface area (Å²) >= 11 is 12.8. The van der Waals surface area contributed by atoms with E-state index < -0.39 is 87.1 Å². The molecule has 78 heavy (non-hydrogen) atoms. The van der Waals surface area contributed by atoms with Crippen LogP contribution in [0.2, 0.25) is 0 Å². The van der Waals surface area contributed by atoms with Crippen molar-refractivity contribution in [3.63, 3.8) is 0 Å². The van der Waals surface area contributed by atoms with Gasteiger partial charge in [-0.2, -0.15) is 0 Å². The fraction of sp³-hybridized carbons (Fsp3) is 0.246. The number of carbonyl (C=O) groups excluding carboxylic acids is 5. The second kappa shape index (κ2) is 19.5. The molecule has 4 aliphatic heterocycles. The minimum absolute atomic E-state index is 0.0252. The van der Waals surface area contributed by atoms with E-state index in [1.165, 1.54) is 97.1 Å². The summed E-state index contributed by atoms with van der Waals surface area (Å²) in [5.74, 6) is -9.11.